The summed E-state index contributed by atoms with van der Waals surface area (Å²) < 4.78 is 0. The maximum Gasteiger partial charge on any atom is 0.0426 e. The summed E-state index contributed by atoms with van der Waals surface area (Å²) in [6, 6.07) is 5.66. The van der Waals surface area contributed by atoms with Crippen molar-refractivity contribution in [3.05, 3.63) is 28.8 Å². The van der Waals surface area contributed by atoms with Gasteiger partial charge in [0.05, 0.1) is 0 Å². The van der Waals surface area contributed by atoms with E-state index in [1.165, 1.54) is 5.56 Å². The molecule has 0 aromatic heterocycles. The zero-order valence-corrected chi connectivity index (χ0v) is 8.58. The molecule has 66 valence electrons. The lowest BCUT2D eigenvalue weighted by atomic mass is 10.2. The Labute approximate surface area is 82.3 Å². The Morgan fingerprint density at radius 3 is 2.83 bits per heavy atom. The smallest absolute Gasteiger partial charge is 0.0426 e. The number of nitrogens with two attached hydrogens (primary N) is 1. The van der Waals surface area contributed by atoms with Crippen molar-refractivity contribution in [3.8, 4) is 0 Å². The zero-order chi connectivity index (χ0) is 8.97. The Kier molecular flexibility index (Phi) is 3.76. The molecule has 0 aliphatic rings. The number of hydrogen-bond acceptors (Lipinski definition) is 2. The monoisotopic (exact) mass is 201 g/mol. The van der Waals surface area contributed by atoms with Gasteiger partial charge in [0.1, 0.15) is 0 Å². The molecule has 0 bridgehead atoms. The molecule has 0 aliphatic heterocycles. The lowest BCUT2D eigenvalue weighted by Crippen LogP contribution is -1.92. The molecular formula is C9H12ClNS. The van der Waals surface area contributed by atoms with Crippen molar-refractivity contribution >= 4 is 29.1 Å². The third-order valence-electron chi connectivity index (χ3n) is 1.57. The van der Waals surface area contributed by atoms with Crippen molar-refractivity contribution < 1.29 is 0 Å². The van der Waals surface area contributed by atoms with E-state index in [4.69, 9.17) is 17.3 Å². The van der Waals surface area contributed by atoms with Gasteiger partial charge in [-0.3, -0.25) is 0 Å². The second kappa shape index (κ2) is 4.63. The number of rotatable bonds is 3. The van der Waals surface area contributed by atoms with Crippen molar-refractivity contribution in [2.24, 2.45) is 0 Å². The highest BCUT2D eigenvalue weighted by Crippen LogP contribution is 2.21. The number of anilines is 1. The maximum atomic E-state index is 5.76. The first-order valence-corrected chi connectivity index (χ1v) is 5.39. The van der Waals surface area contributed by atoms with Crippen molar-refractivity contribution in [1.29, 1.82) is 0 Å². The van der Waals surface area contributed by atoms with Crippen LogP contribution in [-0.2, 0) is 5.75 Å². The van der Waals surface area contributed by atoms with E-state index < -0.39 is 0 Å². The standard InChI is InChI=1S/C9H12ClNS/c1-2-12-6-7-3-4-8(10)5-9(7)11/h3-5H,2,6,11H2,1H3. The van der Waals surface area contributed by atoms with Gasteiger partial charge in [-0.05, 0) is 23.4 Å². The van der Waals surface area contributed by atoms with Crippen LogP contribution in [0.5, 0.6) is 0 Å². The van der Waals surface area contributed by atoms with E-state index in [9.17, 15) is 0 Å². The Balaban J connectivity index is 2.72. The second-order valence-corrected chi connectivity index (χ2v) is 4.19. The van der Waals surface area contributed by atoms with E-state index in [2.05, 4.69) is 6.92 Å². The van der Waals surface area contributed by atoms with Crippen molar-refractivity contribution in [1.82, 2.24) is 0 Å². The van der Waals surface area contributed by atoms with E-state index in [-0.39, 0.29) is 0 Å². The lowest BCUT2D eigenvalue weighted by Gasteiger charge is -2.04. The molecule has 1 rings (SSSR count). The zero-order valence-electron chi connectivity index (χ0n) is 7.01. The predicted molar refractivity (Wildman–Crippen MR) is 57.7 cm³/mol. The summed E-state index contributed by atoms with van der Waals surface area (Å²) >= 11 is 7.62. The van der Waals surface area contributed by atoms with Gasteiger partial charge in [-0.15, -0.1) is 0 Å². The molecule has 1 aromatic carbocycles. The number of hydrogen-bond donors (Lipinski definition) is 1. The van der Waals surface area contributed by atoms with E-state index in [0.717, 1.165) is 17.2 Å². The molecule has 0 amide bonds. The molecule has 1 aromatic rings. The number of nitrogen functional groups attached to an aromatic ring is 1. The molecule has 1 nitrogen and oxygen atoms in total. The maximum absolute atomic E-state index is 5.76. The van der Waals surface area contributed by atoms with Crippen LogP contribution in [0.15, 0.2) is 18.2 Å². The normalized spacial score (nSPS) is 10.2. The lowest BCUT2D eigenvalue weighted by molar-refractivity contribution is 1.40. The van der Waals surface area contributed by atoms with Gasteiger partial charge in [-0.25, -0.2) is 0 Å². The van der Waals surface area contributed by atoms with Crippen molar-refractivity contribution in [3.63, 3.8) is 0 Å². The van der Waals surface area contributed by atoms with Crippen molar-refractivity contribution in [2.45, 2.75) is 12.7 Å². The fraction of sp³-hybridized carbons (Fsp3) is 0.333. The summed E-state index contributed by atoms with van der Waals surface area (Å²) in [5.41, 5.74) is 7.73. The minimum Gasteiger partial charge on any atom is -0.398 e. The molecule has 3 heteroatoms. The molecule has 0 atom stereocenters. The molecular weight excluding hydrogens is 190 g/mol. The first kappa shape index (κ1) is 9.75. The van der Waals surface area contributed by atoms with Crippen LogP contribution >= 0.6 is 23.4 Å². The van der Waals surface area contributed by atoms with Gasteiger partial charge < -0.3 is 5.73 Å². The highest BCUT2D eigenvalue weighted by Gasteiger charge is 1.98. The summed E-state index contributed by atoms with van der Waals surface area (Å²) in [6.45, 7) is 2.14. The highest BCUT2D eigenvalue weighted by molar-refractivity contribution is 7.98. The fourth-order valence-corrected chi connectivity index (χ4v) is 1.78. The average molecular weight is 202 g/mol. The fourth-order valence-electron chi connectivity index (χ4n) is 0.909. The Morgan fingerprint density at radius 1 is 1.50 bits per heavy atom. The molecule has 0 spiro atoms. The quantitative estimate of drug-likeness (QED) is 0.761. The Morgan fingerprint density at radius 2 is 2.25 bits per heavy atom. The van der Waals surface area contributed by atoms with Gasteiger partial charge in [0.2, 0.25) is 0 Å². The summed E-state index contributed by atoms with van der Waals surface area (Å²) in [6.07, 6.45) is 0. The summed E-state index contributed by atoms with van der Waals surface area (Å²) in [7, 11) is 0. The van der Waals surface area contributed by atoms with Gasteiger partial charge in [-0.2, -0.15) is 11.8 Å². The molecule has 0 saturated heterocycles. The molecule has 0 saturated carbocycles. The van der Waals surface area contributed by atoms with Crippen LogP contribution in [0.25, 0.3) is 0 Å². The minimum absolute atomic E-state index is 0.706. The molecule has 0 radical (unpaired) electrons. The molecule has 0 heterocycles. The van der Waals surface area contributed by atoms with Crippen LogP contribution < -0.4 is 5.73 Å². The number of halogens is 1. The van der Waals surface area contributed by atoms with E-state index >= 15 is 0 Å². The largest absolute Gasteiger partial charge is 0.398 e. The first-order chi connectivity index (χ1) is 5.74. The van der Waals surface area contributed by atoms with Crippen LogP contribution in [0.4, 0.5) is 5.69 Å². The molecule has 0 unspecified atom stereocenters. The van der Waals surface area contributed by atoms with Crippen LogP contribution in [0, 0.1) is 0 Å². The molecule has 12 heavy (non-hydrogen) atoms. The van der Waals surface area contributed by atoms with Gasteiger partial charge >= 0.3 is 0 Å². The number of thioether (sulfide) groups is 1. The third-order valence-corrected chi connectivity index (χ3v) is 2.73. The molecule has 0 fully saturated rings. The third kappa shape index (κ3) is 2.61. The molecule has 0 aliphatic carbocycles. The van der Waals surface area contributed by atoms with Crippen LogP contribution in [0.1, 0.15) is 12.5 Å². The summed E-state index contributed by atoms with van der Waals surface area (Å²) in [5.74, 6) is 2.08. The Hall–Kier alpha value is -0.340. The van der Waals surface area contributed by atoms with Gasteiger partial charge in [0.15, 0.2) is 0 Å². The highest BCUT2D eigenvalue weighted by atomic mass is 35.5. The second-order valence-electron chi connectivity index (χ2n) is 2.48. The van der Waals surface area contributed by atoms with E-state index in [0.29, 0.717) is 5.02 Å². The van der Waals surface area contributed by atoms with E-state index in [1.807, 2.05) is 23.9 Å². The first-order valence-electron chi connectivity index (χ1n) is 3.85. The average Bonchev–Trinajstić information content (AvgIpc) is 2.03. The summed E-state index contributed by atoms with van der Waals surface area (Å²) in [5, 5.41) is 0.706. The number of benzene rings is 1. The van der Waals surface area contributed by atoms with Gasteiger partial charge in [0.25, 0.3) is 0 Å². The van der Waals surface area contributed by atoms with Gasteiger partial charge in [-0.1, -0.05) is 24.6 Å². The summed E-state index contributed by atoms with van der Waals surface area (Å²) in [4.78, 5) is 0. The SMILES string of the molecule is CCSCc1ccc(Cl)cc1N. The van der Waals surface area contributed by atoms with Gasteiger partial charge in [0, 0.05) is 16.5 Å². The van der Waals surface area contributed by atoms with Crippen LogP contribution in [0.2, 0.25) is 5.02 Å². The topological polar surface area (TPSA) is 26.0 Å². The van der Waals surface area contributed by atoms with Crippen molar-refractivity contribution in [2.75, 3.05) is 11.5 Å². The minimum atomic E-state index is 0.706. The van der Waals surface area contributed by atoms with E-state index in [1.54, 1.807) is 6.07 Å². The Bertz CT molecular complexity index is 263. The predicted octanol–water partition coefficient (Wildman–Crippen LogP) is 3.18. The van der Waals surface area contributed by atoms with Crippen LogP contribution in [-0.4, -0.2) is 5.75 Å². The molecule has 2 N–H and O–H groups in total. The van der Waals surface area contributed by atoms with Crippen LogP contribution in [0.3, 0.4) is 0 Å².